The molecule has 226 valence electrons. The van der Waals surface area contributed by atoms with Crippen LogP contribution >= 0.6 is 7.60 Å². The molecule has 0 radical (unpaired) electrons. The van der Waals surface area contributed by atoms with Crippen molar-refractivity contribution in [2.24, 2.45) is 0 Å². The predicted octanol–water partition coefficient (Wildman–Crippen LogP) is 8.57. The highest BCUT2D eigenvalue weighted by atomic mass is 31.2. The average molecular weight is 600 g/mol. The number of hydrogen-bond donors (Lipinski definition) is 1. The van der Waals surface area contributed by atoms with Crippen LogP contribution in [0.3, 0.4) is 0 Å². The highest BCUT2D eigenvalue weighted by Gasteiger charge is 2.52. The summed E-state index contributed by atoms with van der Waals surface area (Å²) in [5, 5.41) is 2.10. The van der Waals surface area contributed by atoms with E-state index in [2.05, 4.69) is 41.2 Å². The van der Waals surface area contributed by atoms with E-state index >= 15 is 0 Å². The molecule has 2 aromatic heterocycles. The van der Waals surface area contributed by atoms with Crippen molar-refractivity contribution in [3.8, 4) is 5.75 Å². The van der Waals surface area contributed by atoms with Crippen molar-refractivity contribution in [3.63, 3.8) is 0 Å². The third kappa shape index (κ3) is 7.25. The van der Waals surface area contributed by atoms with Crippen LogP contribution in [0.15, 0.2) is 48.7 Å². The van der Waals surface area contributed by atoms with Crippen molar-refractivity contribution in [1.82, 2.24) is 9.97 Å². The summed E-state index contributed by atoms with van der Waals surface area (Å²) in [4.78, 5) is 9.09. The maximum Gasteiger partial charge on any atom is 0.399 e. The summed E-state index contributed by atoms with van der Waals surface area (Å²) in [5.74, 6) is 1.18. The second-order valence-corrected chi connectivity index (χ2v) is 12.6. The van der Waals surface area contributed by atoms with Crippen molar-refractivity contribution < 1.29 is 27.1 Å². The van der Waals surface area contributed by atoms with E-state index < -0.39 is 19.7 Å². The number of hydrogen-bond acceptors (Lipinski definition) is 7. The Balaban J connectivity index is 1.32. The lowest BCUT2D eigenvalue weighted by Gasteiger charge is -2.25. The van der Waals surface area contributed by atoms with Gasteiger partial charge in [0.15, 0.2) is 5.82 Å². The van der Waals surface area contributed by atoms with Gasteiger partial charge in [-0.15, -0.1) is 0 Å². The minimum absolute atomic E-state index is 0.0939. The topological polar surface area (TPSA) is 96.6 Å². The monoisotopic (exact) mass is 599 g/mol. The fraction of sp³-hybridized carbons (Fsp3) is 0.438. The number of nitrogens with zero attached hydrogens (tertiary/aromatic N) is 2. The highest BCUT2D eigenvalue weighted by molar-refractivity contribution is 7.55. The highest BCUT2D eigenvalue weighted by Crippen LogP contribution is 2.63. The van der Waals surface area contributed by atoms with Crippen LogP contribution in [0.4, 0.5) is 14.6 Å². The molecule has 2 N–H and O–H groups in total. The number of fused-ring (bicyclic) bond motifs is 3. The van der Waals surface area contributed by atoms with E-state index in [9.17, 15) is 13.3 Å². The van der Waals surface area contributed by atoms with E-state index in [0.29, 0.717) is 25.3 Å². The number of anilines is 1. The van der Waals surface area contributed by atoms with Gasteiger partial charge >= 0.3 is 13.3 Å². The summed E-state index contributed by atoms with van der Waals surface area (Å²) >= 11 is 0. The third-order valence-corrected chi connectivity index (χ3v) is 9.53. The quantitative estimate of drug-likeness (QED) is 0.0831. The first-order chi connectivity index (χ1) is 20.1. The fourth-order valence-electron chi connectivity index (χ4n) is 5.15. The summed E-state index contributed by atoms with van der Waals surface area (Å²) in [6, 6.07) is 14.3. The van der Waals surface area contributed by atoms with Crippen LogP contribution in [0.1, 0.15) is 61.8 Å². The molecule has 0 bridgehead atoms. The first-order valence-corrected chi connectivity index (χ1v) is 16.1. The maximum absolute atomic E-state index is 14.5. The van der Waals surface area contributed by atoms with Gasteiger partial charge in [0, 0.05) is 23.4 Å². The lowest BCUT2D eigenvalue weighted by Crippen LogP contribution is -2.20. The zero-order chi connectivity index (χ0) is 30.3. The van der Waals surface area contributed by atoms with Crippen LogP contribution in [0, 0.1) is 13.8 Å². The van der Waals surface area contributed by atoms with Crippen LogP contribution in [-0.2, 0) is 26.5 Å². The van der Waals surface area contributed by atoms with Gasteiger partial charge in [0.2, 0.25) is 0 Å². The smallest absolute Gasteiger partial charge is 0.399 e. The van der Waals surface area contributed by atoms with Crippen LogP contribution < -0.4 is 10.5 Å². The number of unbranched alkanes of at least 4 members (excludes halogenated alkanes) is 2. The zero-order valence-electron chi connectivity index (χ0n) is 24.8. The molecule has 2 aromatic carbocycles. The molecule has 0 unspecified atom stereocenters. The number of pyridine rings is 2. The number of nitrogens with two attached hydrogens (primary N) is 1. The van der Waals surface area contributed by atoms with Gasteiger partial charge in [-0.3, -0.25) is 9.55 Å². The summed E-state index contributed by atoms with van der Waals surface area (Å²) in [6.07, 6.45) is 4.20. The SMILES string of the molecule is CCOP(=O)(OCC)C(F)(F)CCCCCOc1ccc(CCc2ccnc3c(N)nc4cc(C)ccc4c23)c(C)c1. The fourth-order valence-corrected chi connectivity index (χ4v) is 6.71. The maximum atomic E-state index is 14.5. The molecule has 42 heavy (non-hydrogen) atoms. The molecule has 0 fully saturated rings. The molecule has 0 atom stereocenters. The zero-order valence-corrected chi connectivity index (χ0v) is 25.7. The summed E-state index contributed by atoms with van der Waals surface area (Å²) in [5.41, 5.74) is 9.00. The number of halogens is 2. The lowest BCUT2D eigenvalue weighted by atomic mass is 9.96. The van der Waals surface area contributed by atoms with E-state index in [0.717, 1.165) is 51.5 Å². The molecule has 4 rings (SSSR count). The number of rotatable bonds is 15. The Morgan fingerprint density at radius 3 is 2.38 bits per heavy atom. The molecule has 0 saturated heterocycles. The molecule has 0 spiro atoms. The van der Waals surface area contributed by atoms with E-state index in [-0.39, 0.29) is 19.6 Å². The molecule has 10 heteroatoms. The summed E-state index contributed by atoms with van der Waals surface area (Å²) in [7, 11) is -4.47. The van der Waals surface area contributed by atoms with E-state index in [1.165, 1.54) is 25.0 Å². The number of nitrogen functional groups attached to an aromatic ring is 1. The van der Waals surface area contributed by atoms with Crippen LogP contribution in [0.2, 0.25) is 0 Å². The Bertz CT molecular complexity index is 1570. The largest absolute Gasteiger partial charge is 0.494 e. The molecule has 7 nitrogen and oxygen atoms in total. The number of benzene rings is 2. The van der Waals surface area contributed by atoms with Gasteiger partial charge in [0.1, 0.15) is 11.3 Å². The van der Waals surface area contributed by atoms with Gasteiger partial charge in [0.05, 0.1) is 25.3 Å². The summed E-state index contributed by atoms with van der Waals surface area (Å²) < 4.78 is 57.0. The molecule has 0 aliphatic rings. The van der Waals surface area contributed by atoms with Crippen LogP contribution in [0.25, 0.3) is 21.8 Å². The molecular weight excluding hydrogens is 559 g/mol. The van der Waals surface area contributed by atoms with Crippen molar-refractivity contribution in [1.29, 1.82) is 0 Å². The van der Waals surface area contributed by atoms with Crippen LogP contribution in [0.5, 0.6) is 5.75 Å². The van der Waals surface area contributed by atoms with Gasteiger partial charge in [-0.05, 0) is 106 Å². The Morgan fingerprint density at radius 2 is 1.67 bits per heavy atom. The minimum Gasteiger partial charge on any atom is -0.494 e. The summed E-state index contributed by atoms with van der Waals surface area (Å²) in [6.45, 7) is 7.36. The van der Waals surface area contributed by atoms with E-state index in [1.807, 2.05) is 25.1 Å². The second kappa shape index (κ2) is 13.9. The molecule has 0 saturated carbocycles. The standard InChI is InChI=1S/C32H40F2N3O4P/c1-5-40-42(38,41-6-2)32(33,34)17-8-7-9-19-39-26-14-13-24(23(4)21-26)11-12-25-16-18-36-30-29(25)27-15-10-22(3)20-28(27)37-31(30)35/h10,13-16,18,20-21H,5-9,11-12,17,19H2,1-4H3,(H2,35,37). The Morgan fingerprint density at radius 1 is 0.929 bits per heavy atom. The molecule has 0 amide bonds. The number of aryl methyl sites for hydroxylation is 4. The first kappa shape index (κ1) is 31.8. The van der Waals surface area contributed by atoms with Gasteiger partial charge in [0.25, 0.3) is 0 Å². The first-order valence-electron chi connectivity index (χ1n) is 14.5. The Hall–Kier alpha value is -3.13. The van der Waals surface area contributed by atoms with Crippen molar-refractivity contribution in [3.05, 3.63) is 70.9 Å². The molecule has 2 heterocycles. The average Bonchev–Trinajstić information content (AvgIpc) is 2.94. The van der Waals surface area contributed by atoms with E-state index in [1.54, 1.807) is 6.20 Å². The lowest BCUT2D eigenvalue weighted by molar-refractivity contribution is 0.0293. The number of alkyl halides is 2. The van der Waals surface area contributed by atoms with Crippen molar-refractivity contribution in [2.45, 2.75) is 71.9 Å². The Labute approximate surface area is 246 Å². The molecule has 0 aliphatic heterocycles. The van der Waals surface area contributed by atoms with E-state index in [4.69, 9.17) is 19.5 Å². The molecule has 4 aromatic rings. The minimum atomic E-state index is -4.47. The van der Waals surface area contributed by atoms with Crippen molar-refractivity contribution >= 4 is 35.2 Å². The molecule has 0 aliphatic carbocycles. The van der Waals surface area contributed by atoms with Gasteiger partial charge in [-0.2, -0.15) is 8.78 Å². The van der Waals surface area contributed by atoms with Gasteiger partial charge in [-0.1, -0.05) is 18.2 Å². The van der Waals surface area contributed by atoms with Gasteiger partial charge < -0.3 is 19.5 Å². The number of ether oxygens (including phenoxy) is 1. The number of aromatic nitrogens is 2. The Kier molecular flexibility index (Phi) is 10.5. The third-order valence-electron chi connectivity index (χ3n) is 7.31. The van der Waals surface area contributed by atoms with Crippen molar-refractivity contribution in [2.75, 3.05) is 25.6 Å². The molecular formula is C32H40F2N3O4P. The van der Waals surface area contributed by atoms with Gasteiger partial charge in [-0.25, -0.2) is 4.98 Å². The van der Waals surface area contributed by atoms with Crippen LogP contribution in [-0.4, -0.2) is 35.5 Å². The second-order valence-electron chi connectivity index (χ2n) is 10.5. The normalized spacial score (nSPS) is 12.3. The predicted molar refractivity (Wildman–Crippen MR) is 165 cm³/mol.